The molecule has 0 spiro atoms. The normalized spacial score (nSPS) is 11.7. The zero-order valence-corrected chi connectivity index (χ0v) is 12.1. The third-order valence-corrected chi connectivity index (χ3v) is 3.51. The molecule has 0 aliphatic rings. The first-order chi connectivity index (χ1) is 10.9. The van der Waals surface area contributed by atoms with Crippen molar-refractivity contribution in [1.29, 1.82) is 0 Å². The fraction of sp³-hybridized carbons (Fsp3) is 0.118. The molecule has 0 fully saturated rings. The van der Waals surface area contributed by atoms with E-state index in [0.717, 1.165) is 17.7 Å². The predicted molar refractivity (Wildman–Crippen MR) is 78.3 cm³/mol. The third-order valence-electron chi connectivity index (χ3n) is 3.51. The first-order valence-electron chi connectivity index (χ1n) is 6.84. The molecule has 2 aromatic carbocycles. The van der Waals surface area contributed by atoms with Crippen LogP contribution in [0.25, 0.3) is 22.8 Å². The molecule has 3 nitrogen and oxygen atoms in total. The molecule has 23 heavy (non-hydrogen) atoms. The average molecular weight is 319 g/mol. The number of halogens is 3. The fourth-order valence-electron chi connectivity index (χ4n) is 2.29. The molecule has 0 amide bonds. The Balaban J connectivity index is 2.05. The number of benzene rings is 2. The Kier molecular flexibility index (Phi) is 3.60. The highest BCUT2D eigenvalue weighted by Gasteiger charge is 2.31. The van der Waals surface area contributed by atoms with E-state index in [1.165, 1.54) is 12.1 Å². The summed E-state index contributed by atoms with van der Waals surface area (Å²) in [6, 6.07) is 13.3. The van der Waals surface area contributed by atoms with E-state index in [0.29, 0.717) is 21.7 Å². The summed E-state index contributed by atoms with van der Waals surface area (Å²) in [5, 5.41) is 12.2. The predicted octanol–water partition coefficient (Wildman–Crippen LogP) is 4.57. The van der Waals surface area contributed by atoms with Crippen LogP contribution in [0, 0.1) is 12.1 Å². The Labute approximate surface area is 130 Å². The van der Waals surface area contributed by atoms with Crippen molar-refractivity contribution in [2.24, 2.45) is 0 Å². The van der Waals surface area contributed by atoms with Gasteiger partial charge < -0.3 is 9.62 Å². The summed E-state index contributed by atoms with van der Waals surface area (Å²) in [6.07, 6.45) is -4.42. The van der Waals surface area contributed by atoms with E-state index in [1.54, 1.807) is 19.1 Å². The number of aromatic nitrogens is 1. The third kappa shape index (κ3) is 2.79. The van der Waals surface area contributed by atoms with Crippen LogP contribution in [0.3, 0.4) is 0 Å². The standard InChI is InChI=1S/C17H12F3NO2/c1-11-15(12-5-3-2-4-6-12)23-16(21(11)22)13-7-9-14(10-8-13)17(18,19)20/h2-10H,1H3. The van der Waals surface area contributed by atoms with Gasteiger partial charge in [-0.1, -0.05) is 30.3 Å². The number of hydrogen-bond acceptors (Lipinski definition) is 2. The van der Waals surface area contributed by atoms with Crippen LogP contribution in [0.2, 0.25) is 0 Å². The van der Waals surface area contributed by atoms with Gasteiger partial charge in [0, 0.05) is 12.5 Å². The first-order valence-corrected chi connectivity index (χ1v) is 6.84. The maximum Gasteiger partial charge on any atom is 0.416 e. The second-order valence-corrected chi connectivity index (χ2v) is 5.06. The Morgan fingerprint density at radius 3 is 2.09 bits per heavy atom. The molecule has 0 atom stereocenters. The van der Waals surface area contributed by atoms with Gasteiger partial charge in [0.2, 0.25) is 11.5 Å². The van der Waals surface area contributed by atoms with Crippen molar-refractivity contribution in [3.8, 4) is 22.8 Å². The molecule has 1 aromatic heterocycles. The summed E-state index contributed by atoms with van der Waals surface area (Å²) < 4.78 is 44.0. The average Bonchev–Trinajstić information content (AvgIpc) is 2.84. The van der Waals surface area contributed by atoms with Crippen LogP contribution in [0.5, 0.6) is 0 Å². The van der Waals surface area contributed by atoms with Crippen LogP contribution >= 0.6 is 0 Å². The van der Waals surface area contributed by atoms with E-state index in [2.05, 4.69) is 0 Å². The minimum Gasteiger partial charge on any atom is -0.616 e. The summed E-state index contributed by atoms with van der Waals surface area (Å²) in [7, 11) is 0. The zero-order valence-electron chi connectivity index (χ0n) is 12.1. The number of rotatable bonds is 2. The van der Waals surface area contributed by atoms with Crippen LogP contribution in [0.15, 0.2) is 59.0 Å². The van der Waals surface area contributed by atoms with Gasteiger partial charge in [-0.15, -0.1) is 4.73 Å². The number of hydrogen-bond donors (Lipinski definition) is 0. The van der Waals surface area contributed by atoms with Crippen LogP contribution in [0.1, 0.15) is 11.3 Å². The fourth-order valence-corrected chi connectivity index (χ4v) is 2.29. The molecule has 0 aliphatic heterocycles. The SMILES string of the molecule is Cc1c(-c2ccccc2)oc(-c2ccc(C(F)(F)F)cc2)[n+]1[O-]. The molecule has 0 saturated carbocycles. The number of alkyl halides is 3. The van der Waals surface area contributed by atoms with Gasteiger partial charge in [-0.3, -0.25) is 0 Å². The summed E-state index contributed by atoms with van der Waals surface area (Å²) in [5.41, 5.74) is 0.599. The van der Waals surface area contributed by atoms with Crippen LogP contribution in [0.4, 0.5) is 13.2 Å². The topological polar surface area (TPSA) is 40.1 Å². The Bertz CT molecular complexity index is 822. The van der Waals surface area contributed by atoms with Crippen LogP contribution in [-0.2, 0) is 6.18 Å². The zero-order chi connectivity index (χ0) is 16.6. The Hall–Kier alpha value is -2.76. The maximum absolute atomic E-state index is 12.6. The van der Waals surface area contributed by atoms with Crippen molar-refractivity contribution in [2.45, 2.75) is 13.1 Å². The maximum atomic E-state index is 12.6. The smallest absolute Gasteiger partial charge is 0.416 e. The van der Waals surface area contributed by atoms with E-state index < -0.39 is 11.7 Å². The summed E-state index contributed by atoms with van der Waals surface area (Å²) >= 11 is 0. The van der Waals surface area contributed by atoms with Crippen molar-refractivity contribution in [1.82, 2.24) is 0 Å². The molecule has 1 heterocycles. The quantitative estimate of drug-likeness (QED) is 0.512. The molecule has 6 heteroatoms. The Morgan fingerprint density at radius 2 is 1.52 bits per heavy atom. The van der Waals surface area contributed by atoms with Crippen LogP contribution in [-0.4, -0.2) is 0 Å². The van der Waals surface area contributed by atoms with Gasteiger partial charge in [-0.25, -0.2) is 0 Å². The highest BCUT2D eigenvalue weighted by Crippen LogP contribution is 2.32. The van der Waals surface area contributed by atoms with E-state index in [9.17, 15) is 18.4 Å². The van der Waals surface area contributed by atoms with Crippen molar-refractivity contribution >= 4 is 0 Å². The van der Waals surface area contributed by atoms with Crippen LogP contribution < -0.4 is 4.73 Å². The molecule has 118 valence electrons. The summed E-state index contributed by atoms with van der Waals surface area (Å²) in [5.74, 6) is 0.366. The minimum atomic E-state index is -4.42. The lowest BCUT2D eigenvalue weighted by Gasteiger charge is -2.05. The minimum absolute atomic E-state index is 0.0323. The molecule has 0 N–H and O–H groups in total. The van der Waals surface area contributed by atoms with Gasteiger partial charge in [0.15, 0.2) is 0 Å². The largest absolute Gasteiger partial charge is 0.616 e. The molecular weight excluding hydrogens is 307 g/mol. The van der Waals surface area contributed by atoms with E-state index in [-0.39, 0.29) is 5.89 Å². The number of nitrogens with zero attached hydrogens (tertiary/aromatic N) is 1. The lowest BCUT2D eigenvalue weighted by atomic mass is 10.1. The van der Waals surface area contributed by atoms with Crippen molar-refractivity contribution < 1.29 is 22.3 Å². The molecule has 0 saturated heterocycles. The van der Waals surface area contributed by atoms with E-state index in [4.69, 9.17) is 4.42 Å². The molecule has 0 radical (unpaired) electrons. The van der Waals surface area contributed by atoms with Gasteiger partial charge in [0.25, 0.3) is 0 Å². The van der Waals surface area contributed by atoms with E-state index >= 15 is 0 Å². The first kappa shape index (κ1) is 15.1. The van der Waals surface area contributed by atoms with Gasteiger partial charge in [0.05, 0.1) is 11.1 Å². The Morgan fingerprint density at radius 1 is 0.913 bits per heavy atom. The molecule has 3 aromatic rings. The highest BCUT2D eigenvalue weighted by molar-refractivity contribution is 5.61. The van der Waals surface area contributed by atoms with Crippen molar-refractivity contribution in [3.05, 3.63) is 71.1 Å². The summed E-state index contributed by atoms with van der Waals surface area (Å²) in [4.78, 5) is 0. The molecule has 0 bridgehead atoms. The summed E-state index contributed by atoms with van der Waals surface area (Å²) in [6.45, 7) is 1.60. The van der Waals surface area contributed by atoms with E-state index in [1.807, 2.05) is 18.2 Å². The van der Waals surface area contributed by atoms with Gasteiger partial charge in [-0.2, -0.15) is 13.2 Å². The van der Waals surface area contributed by atoms with Gasteiger partial charge in [-0.05, 0) is 24.3 Å². The monoisotopic (exact) mass is 319 g/mol. The lowest BCUT2D eigenvalue weighted by molar-refractivity contribution is -0.602. The second kappa shape index (κ2) is 5.46. The van der Waals surface area contributed by atoms with Gasteiger partial charge in [0.1, 0.15) is 0 Å². The molecular formula is C17H12F3NO2. The lowest BCUT2D eigenvalue weighted by Crippen LogP contribution is -2.29. The van der Waals surface area contributed by atoms with Crippen molar-refractivity contribution in [2.75, 3.05) is 0 Å². The van der Waals surface area contributed by atoms with Crippen molar-refractivity contribution in [3.63, 3.8) is 0 Å². The second-order valence-electron chi connectivity index (χ2n) is 5.06. The highest BCUT2D eigenvalue weighted by atomic mass is 19.4. The molecule has 0 unspecified atom stereocenters. The molecule has 3 rings (SSSR count). The number of oxazole rings is 1. The molecule has 0 aliphatic carbocycles. The van der Waals surface area contributed by atoms with Gasteiger partial charge >= 0.3 is 12.1 Å².